The van der Waals surface area contributed by atoms with Crippen molar-refractivity contribution in [2.45, 2.75) is 45.3 Å². The van der Waals surface area contributed by atoms with Crippen molar-refractivity contribution in [3.05, 3.63) is 17.8 Å². The molecular weight excluding hydrogens is 204 g/mol. The average molecular weight is 224 g/mol. The molecule has 1 aliphatic heterocycles. The van der Waals surface area contributed by atoms with Crippen LogP contribution >= 0.6 is 0 Å². The predicted molar refractivity (Wildman–Crippen MR) is 61.1 cm³/mol. The summed E-state index contributed by atoms with van der Waals surface area (Å²) in [5.74, 6) is 1.60. The second-order valence-corrected chi connectivity index (χ2v) is 4.52. The molecular formula is C12H20N2O2. The molecule has 4 nitrogen and oxygen atoms in total. The molecule has 1 aromatic heterocycles. The molecule has 0 saturated carbocycles. The quantitative estimate of drug-likeness (QED) is 0.853. The standard InChI is InChI=1S/C12H20N2O2/c1-4-13-9(2)11-14-8-10(16-11)12(3)6-5-7-15-12/h8-9,13H,4-7H2,1-3H3. The molecule has 0 spiro atoms. The number of rotatable bonds is 4. The molecule has 2 heterocycles. The molecule has 2 rings (SSSR count). The molecule has 1 saturated heterocycles. The Bertz CT molecular complexity index is 343. The molecule has 1 aliphatic rings. The molecule has 2 unspecified atom stereocenters. The van der Waals surface area contributed by atoms with E-state index in [-0.39, 0.29) is 11.6 Å². The van der Waals surface area contributed by atoms with Gasteiger partial charge < -0.3 is 14.5 Å². The normalized spacial score (nSPS) is 27.2. The minimum absolute atomic E-state index is 0.156. The highest BCUT2D eigenvalue weighted by atomic mass is 16.5. The van der Waals surface area contributed by atoms with Crippen LogP contribution in [0.1, 0.15) is 51.3 Å². The number of hydrogen-bond acceptors (Lipinski definition) is 4. The van der Waals surface area contributed by atoms with Crippen molar-refractivity contribution in [3.8, 4) is 0 Å². The molecule has 4 heteroatoms. The van der Waals surface area contributed by atoms with Gasteiger partial charge in [0, 0.05) is 6.61 Å². The highest BCUT2D eigenvalue weighted by Crippen LogP contribution is 2.36. The molecule has 0 bridgehead atoms. The van der Waals surface area contributed by atoms with Gasteiger partial charge in [0.1, 0.15) is 5.60 Å². The molecule has 1 fully saturated rings. The fourth-order valence-corrected chi connectivity index (χ4v) is 2.10. The molecule has 16 heavy (non-hydrogen) atoms. The maximum absolute atomic E-state index is 5.79. The summed E-state index contributed by atoms with van der Waals surface area (Å²) in [6.07, 6.45) is 3.90. The van der Waals surface area contributed by atoms with E-state index >= 15 is 0 Å². The van der Waals surface area contributed by atoms with E-state index in [1.54, 1.807) is 6.20 Å². The summed E-state index contributed by atoms with van der Waals surface area (Å²) in [7, 11) is 0. The summed E-state index contributed by atoms with van der Waals surface area (Å²) >= 11 is 0. The number of oxazole rings is 1. The number of aromatic nitrogens is 1. The monoisotopic (exact) mass is 224 g/mol. The van der Waals surface area contributed by atoms with E-state index in [1.807, 2.05) is 0 Å². The fraction of sp³-hybridized carbons (Fsp3) is 0.750. The summed E-state index contributed by atoms with van der Waals surface area (Å²) < 4.78 is 11.5. The lowest BCUT2D eigenvalue weighted by atomic mass is 10.0. The topological polar surface area (TPSA) is 47.3 Å². The highest BCUT2D eigenvalue weighted by Gasteiger charge is 2.35. The summed E-state index contributed by atoms with van der Waals surface area (Å²) in [4.78, 5) is 4.32. The predicted octanol–water partition coefficient (Wildman–Crippen LogP) is 2.37. The number of nitrogens with one attached hydrogen (secondary N) is 1. The van der Waals surface area contributed by atoms with Crippen LogP contribution in [0.2, 0.25) is 0 Å². The van der Waals surface area contributed by atoms with Gasteiger partial charge in [-0.05, 0) is 33.2 Å². The van der Waals surface area contributed by atoms with Gasteiger partial charge in [0.15, 0.2) is 5.76 Å². The van der Waals surface area contributed by atoms with Gasteiger partial charge in [-0.15, -0.1) is 0 Å². The van der Waals surface area contributed by atoms with Crippen LogP contribution in [0.5, 0.6) is 0 Å². The van der Waals surface area contributed by atoms with E-state index in [0.29, 0.717) is 0 Å². The zero-order chi connectivity index (χ0) is 11.6. The Balaban J connectivity index is 2.12. The van der Waals surface area contributed by atoms with Crippen LogP contribution in [0.4, 0.5) is 0 Å². The van der Waals surface area contributed by atoms with Crippen LogP contribution in [0.25, 0.3) is 0 Å². The fourth-order valence-electron chi connectivity index (χ4n) is 2.10. The van der Waals surface area contributed by atoms with E-state index in [2.05, 4.69) is 31.1 Å². The van der Waals surface area contributed by atoms with E-state index in [0.717, 1.165) is 37.6 Å². The van der Waals surface area contributed by atoms with Gasteiger partial charge in [-0.2, -0.15) is 0 Å². The van der Waals surface area contributed by atoms with Crippen LogP contribution in [0.3, 0.4) is 0 Å². The lowest BCUT2D eigenvalue weighted by molar-refractivity contribution is -0.00198. The molecule has 0 amide bonds. The van der Waals surface area contributed by atoms with Gasteiger partial charge in [-0.1, -0.05) is 6.92 Å². The first-order valence-electron chi connectivity index (χ1n) is 5.99. The Hall–Kier alpha value is -0.870. The first-order valence-corrected chi connectivity index (χ1v) is 5.99. The lowest BCUT2D eigenvalue weighted by Crippen LogP contribution is -2.19. The number of hydrogen-bond donors (Lipinski definition) is 1. The largest absolute Gasteiger partial charge is 0.441 e. The van der Waals surface area contributed by atoms with Gasteiger partial charge in [0.05, 0.1) is 12.2 Å². The van der Waals surface area contributed by atoms with E-state index in [4.69, 9.17) is 9.15 Å². The molecule has 0 radical (unpaired) electrons. The summed E-state index contributed by atoms with van der Waals surface area (Å²) in [6.45, 7) is 7.92. The number of nitrogens with zero attached hydrogens (tertiary/aromatic N) is 1. The maximum Gasteiger partial charge on any atom is 0.211 e. The highest BCUT2D eigenvalue weighted by molar-refractivity contribution is 5.08. The Morgan fingerprint density at radius 1 is 1.62 bits per heavy atom. The summed E-state index contributed by atoms with van der Waals surface area (Å²) in [5, 5.41) is 3.28. The van der Waals surface area contributed by atoms with Crippen LogP contribution in [0, 0.1) is 0 Å². The van der Waals surface area contributed by atoms with Gasteiger partial charge in [-0.3, -0.25) is 0 Å². The van der Waals surface area contributed by atoms with Gasteiger partial charge in [0.2, 0.25) is 5.89 Å². The lowest BCUT2D eigenvalue weighted by Gasteiger charge is -2.19. The minimum atomic E-state index is -0.267. The zero-order valence-electron chi connectivity index (χ0n) is 10.2. The van der Waals surface area contributed by atoms with Crippen molar-refractivity contribution in [3.63, 3.8) is 0 Å². The van der Waals surface area contributed by atoms with Crippen molar-refractivity contribution in [1.29, 1.82) is 0 Å². The van der Waals surface area contributed by atoms with E-state index in [1.165, 1.54) is 0 Å². The van der Waals surface area contributed by atoms with E-state index < -0.39 is 0 Å². The van der Waals surface area contributed by atoms with Gasteiger partial charge in [-0.25, -0.2) is 4.98 Å². The van der Waals surface area contributed by atoms with Gasteiger partial charge in [0.25, 0.3) is 0 Å². The minimum Gasteiger partial charge on any atom is -0.441 e. The van der Waals surface area contributed by atoms with Crippen molar-refractivity contribution < 1.29 is 9.15 Å². The Morgan fingerprint density at radius 3 is 3.06 bits per heavy atom. The third kappa shape index (κ3) is 2.13. The van der Waals surface area contributed by atoms with Gasteiger partial charge >= 0.3 is 0 Å². The van der Waals surface area contributed by atoms with E-state index in [9.17, 15) is 0 Å². The molecule has 1 aromatic rings. The maximum atomic E-state index is 5.79. The molecule has 0 aliphatic carbocycles. The van der Waals surface area contributed by atoms with Crippen LogP contribution < -0.4 is 5.32 Å². The summed E-state index contributed by atoms with van der Waals surface area (Å²) in [5.41, 5.74) is -0.267. The van der Waals surface area contributed by atoms with Crippen LogP contribution in [-0.4, -0.2) is 18.1 Å². The summed E-state index contributed by atoms with van der Waals surface area (Å²) in [6, 6.07) is 0.156. The van der Waals surface area contributed by atoms with Crippen molar-refractivity contribution >= 4 is 0 Å². The SMILES string of the molecule is CCNC(C)c1ncc(C2(C)CCCO2)o1. The second kappa shape index (κ2) is 4.55. The Labute approximate surface area is 96.4 Å². The molecule has 1 N–H and O–H groups in total. The van der Waals surface area contributed by atoms with Crippen molar-refractivity contribution in [1.82, 2.24) is 10.3 Å². The van der Waals surface area contributed by atoms with Crippen molar-refractivity contribution in [2.24, 2.45) is 0 Å². The third-order valence-corrected chi connectivity index (χ3v) is 3.14. The Kier molecular flexibility index (Phi) is 3.30. The van der Waals surface area contributed by atoms with Crippen LogP contribution in [0.15, 0.2) is 10.6 Å². The molecule has 90 valence electrons. The van der Waals surface area contributed by atoms with Crippen molar-refractivity contribution in [2.75, 3.05) is 13.2 Å². The first-order chi connectivity index (χ1) is 7.65. The average Bonchev–Trinajstić information content (AvgIpc) is 2.86. The third-order valence-electron chi connectivity index (χ3n) is 3.14. The Morgan fingerprint density at radius 2 is 2.44 bits per heavy atom. The molecule has 2 atom stereocenters. The molecule has 0 aromatic carbocycles. The van der Waals surface area contributed by atoms with Crippen LogP contribution in [-0.2, 0) is 10.3 Å². The zero-order valence-corrected chi connectivity index (χ0v) is 10.2. The smallest absolute Gasteiger partial charge is 0.211 e. The first kappa shape index (κ1) is 11.6. The number of ether oxygens (including phenoxy) is 1. The second-order valence-electron chi connectivity index (χ2n) is 4.52.